The molecule has 9 heteroatoms. The van der Waals surface area contributed by atoms with Gasteiger partial charge in [-0.15, -0.1) is 0 Å². The lowest BCUT2D eigenvalue weighted by molar-refractivity contribution is -0.141. The molecule has 1 aliphatic carbocycles. The maximum atomic E-state index is 13.9. The smallest absolute Gasteiger partial charge is 0.247 e. The Labute approximate surface area is 258 Å². The summed E-state index contributed by atoms with van der Waals surface area (Å²) in [6.07, 6.45) is 2.79. The zero-order valence-corrected chi connectivity index (χ0v) is 25.2. The molecule has 1 saturated carbocycles. The number of aryl methyl sites for hydroxylation is 1. The van der Waals surface area contributed by atoms with Gasteiger partial charge in [-0.25, -0.2) is 17.5 Å². The third kappa shape index (κ3) is 8.61. The molecular formula is C35H36FN3O4S. The number of carbonyl (C=O) groups excluding carboxylic acids is 2. The molecule has 4 aromatic carbocycles. The lowest BCUT2D eigenvalue weighted by Crippen LogP contribution is -2.44. The van der Waals surface area contributed by atoms with Gasteiger partial charge in [0.15, 0.2) is 0 Å². The minimum Gasteiger partial charge on any atom is -0.354 e. The van der Waals surface area contributed by atoms with Gasteiger partial charge in [-0.3, -0.25) is 9.59 Å². The van der Waals surface area contributed by atoms with Crippen molar-refractivity contribution in [2.24, 2.45) is 0 Å². The highest BCUT2D eigenvalue weighted by Gasteiger charge is 2.31. The van der Waals surface area contributed by atoms with Crippen LogP contribution in [0.25, 0.3) is 0 Å². The van der Waals surface area contributed by atoms with E-state index in [2.05, 4.69) is 10.0 Å². The van der Waals surface area contributed by atoms with Crippen molar-refractivity contribution in [1.82, 2.24) is 14.9 Å². The number of carbonyl (C=O) groups is 2. The molecule has 4 aromatic rings. The quantitative estimate of drug-likeness (QED) is 0.201. The summed E-state index contributed by atoms with van der Waals surface area (Å²) in [7, 11) is -3.57. The Kier molecular flexibility index (Phi) is 10.2. The van der Waals surface area contributed by atoms with Crippen LogP contribution in [-0.4, -0.2) is 37.7 Å². The first-order chi connectivity index (χ1) is 21.3. The van der Waals surface area contributed by atoms with Crippen LogP contribution in [0.1, 0.15) is 47.6 Å². The molecule has 228 valence electrons. The minimum absolute atomic E-state index is 0.0116. The minimum atomic E-state index is -3.57. The first-order valence-corrected chi connectivity index (χ1v) is 16.3. The van der Waals surface area contributed by atoms with Crippen LogP contribution in [0.3, 0.4) is 0 Å². The predicted octanol–water partition coefficient (Wildman–Crippen LogP) is 5.33. The van der Waals surface area contributed by atoms with E-state index in [0.717, 1.165) is 24.0 Å². The fraction of sp³-hybridized carbons (Fsp3) is 0.257. The fourth-order valence-corrected chi connectivity index (χ4v) is 6.31. The SMILES string of the molecule is O=C(NCCc1ccccc1)C(c1ccccc1)N(Cc1ccc(F)cc1)C(=O)CCc1ccc(S(=O)(=O)NC2CC2)cc1. The number of rotatable bonds is 14. The van der Waals surface area contributed by atoms with E-state index in [1.165, 1.54) is 12.1 Å². The average molecular weight is 614 g/mol. The average Bonchev–Trinajstić information content (AvgIpc) is 3.85. The first kappa shape index (κ1) is 31.1. The van der Waals surface area contributed by atoms with Crippen LogP contribution >= 0.6 is 0 Å². The maximum Gasteiger partial charge on any atom is 0.247 e. The van der Waals surface area contributed by atoms with Crippen LogP contribution in [0.4, 0.5) is 4.39 Å². The lowest BCUT2D eigenvalue weighted by atomic mass is 10.0. The third-order valence-electron chi connectivity index (χ3n) is 7.58. The Morgan fingerprint density at radius 1 is 0.773 bits per heavy atom. The third-order valence-corrected chi connectivity index (χ3v) is 9.11. The molecule has 0 heterocycles. The second kappa shape index (κ2) is 14.4. The van der Waals surface area contributed by atoms with E-state index in [-0.39, 0.29) is 41.5 Å². The topological polar surface area (TPSA) is 95.6 Å². The van der Waals surface area contributed by atoms with E-state index in [1.807, 2.05) is 60.7 Å². The van der Waals surface area contributed by atoms with Crippen LogP contribution in [-0.2, 0) is 39.0 Å². The Balaban J connectivity index is 1.34. The van der Waals surface area contributed by atoms with Crippen LogP contribution in [0.15, 0.2) is 114 Å². The molecule has 5 rings (SSSR count). The summed E-state index contributed by atoms with van der Waals surface area (Å²) < 4.78 is 41.5. The molecule has 1 atom stereocenters. The number of hydrogen-bond acceptors (Lipinski definition) is 4. The van der Waals surface area contributed by atoms with Crippen molar-refractivity contribution in [2.75, 3.05) is 6.54 Å². The molecule has 0 bridgehead atoms. The monoisotopic (exact) mass is 613 g/mol. The van der Waals surface area contributed by atoms with Gasteiger partial charge in [-0.1, -0.05) is 84.9 Å². The molecular weight excluding hydrogens is 577 g/mol. The summed E-state index contributed by atoms with van der Waals surface area (Å²) >= 11 is 0. The maximum absolute atomic E-state index is 13.9. The Morgan fingerprint density at radius 3 is 2.00 bits per heavy atom. The van der Waals surface area contributed by atoms with E-state index in [0.29, 0.717) is 30.5 Å². The van der Waals surface area contributed by atoms with Crippen molar-refractivity contribution in [3.63, 3.8) is 0 Å². The second-order valence-electron chi connectivity index (χ2n) is 11.0. The number of sulfonamides is 1. The van der Waals surface area contributed by atoms with Crippen molar-refractivity contribution in [2.45, 2.75) is 55.6 Å². The number of nitrogens with zero attached hydrogens (tertiary/aromatic N) is 1. The summed E-state index contributed by atoms with van der Waals surface area (Å²) in [6.45, 7) is 0.504. The normalized spacial score (nSPS) is 13.7. The van der Waals surface area contributed by atoms with Gasteiger partial charge in [-0.05, 0) is 72.2 Å². The van der Waals surface area contributed by atoms with Gasteiger partial charge in [0.25, 0.3) is 0 Å². The van der Waals surface area contributed by atoms with E-state index in [9.17, 15) is 22.4 Å². The van der Waals surface area contributed by atoms with E-state index in [1.54, 1.807) is 41.3 Å². The van der Waals surface area contributed by atoms with Crippen LogP contribution < -0.4 is 10.0 Å². The van der Waals surface area contributed by atoms with Gasteiger partial charge >= 0.3 is 0 Å². The number of benzene rings is 4. The molecule has 0 spiro atoms. The van der Waals surface area contributed by atoms with Gasteiger partial charge < -0.3 is 10.2 Å². The second-order valence-corrected chi connectivity index (χ2v) is 12.7. The highest BCUT2D eigenvalue weighted by Crippen LogP contribution is 2.26. The summed E-state index contributed by atoms with van der Waals surface area (Å²) in [5.41, 5.74) is 3.24. The molecule has 44 heavy (non-hydrogen) atoms. The molecule has 0 aromatic heterocycles. The van der Waals surface area contributed by atoms with Crippen molar-refractivity contribution in [1.29, 1.82) is 0 Å². The summed E-state index contributed by atoms with van der Waals surface area (Å²) in [4.78, 5) is 29.4. The van der Waals surface area contributed by atoms with Crippen LogP contribution in [0.2, 0.25) is 0 Å². The number of nitrogens with one attached hydrogen (secondary N) is 2. The van der Waals surface area contributed by atoms with E-state index in [4.69, 9.17) is 0 Å². The molecule has 0 radical (unpaired) electrons. The van der Waals surface area contributed by atoms with Gasteiger partial charge in [0.1, 0.15) is 11.9 Å². The largest absolute Gasteiger partial charge is 0.354 e. The fourth-order valence-electron chi connectivity index (χ4n) is 5.01. The molecule has 0 aliphatic heterocycles. The Morgan fingerprint density at radius 2 is 1.36 bits per heavy atom. The molecule has 7 nitrogen and oxygen atoms in total. The molecule has 2 amide bonds. The van der Waals surface area contributed by atoms with Crippen molar-refractivity contribution < 1.29 is 22.4 Å². The van der Waals surface area contributed by atoms with E-state index >= 15 is 0 Å². The molecule has 1 aliphatic rings. The summed E-state index contributed by atoms with van der Waals surface area (Å²) in [5, 5.41) is 3.02. The molecule has 1 unspecified atom stereocenters. The van der Waals surface area contributed by atoms with Gasteiger partial charge in [-0.2, -0.15) is 0 Å². The van der Waals surface area contributed by atoms with Crippen molar-refractivity contribution in [3.05, 3.63) is 137 Å². The van der Waals surface area contributed by atoms with Crippen LogP contribution in [0, 0.1) is 5.82 Å². The molecule has 2 N–H and O–H groups in total. The summed E-state index contributed by atoms with van der Waals surface area (Å²) in [6, 6.07) is 30.5. The Hall–Kier alpha value is -4.34. The van der Waals surface area contributed by atoms with Gasteiger partial charge in [0.2, 0.25) is 21.8 Å². The lowest BCUT2D eigenvalue weighted by Gasteiger charge is -2.32. The molecule has 0 saturated heterocycles. The highest BCUT2D eigenvalue weighted by molar-refractivity contribution is 7.89. The van der Waals surface area contributed by atoms with Crippen molar-refractivity contribution >= 4 is 21.8 Å². The number of amides is 2. The standard InChI is InChI=1S/C35H36FN3O4S/c36-30-16-11-28(12-17-30)25-39(33(40)22-15-27-13-20-32(21-14-27)44(42,43)38-31-18-19-31)34(29-9-5-2-6-10-29)35(41)37-24-23-26-7-3-1-4-8-26/h1-14,16-17,20-21,31,34,38H,15,18-19,22-25H2,(H,37,41). The van der Waals surface area contributed by atoms with E-state index < -0.39 is 16.1 Å². The highest BCUT2D eigenvalue weighted by atomic mass is 32.2. The van der Waals surface area contributed by atoms with Crippen molar-refractivity contribution in [3.8, 4) is 0 Å². The van der Waals surface area contributed by atoms with Crippen LogP contribution in [0.5, 0.6) is 0 Å². The zero-order chi connectivity index (χ0) is 30.9. The number of halogens is 1. The predicted molar refractivity (Wildman–Crippen MR) is 167 cm³/mol. The summed E-state index contributed by atoms with van der Waals surface area (Å²) in [5.74, 6) is -0.948. The Bertz CT molecular complexity index is 1640. The molecule has 1 fully saturated rings. The first-order valence-electron chi connectivity index (χ1n) is 14.8. The van der Waals surface area contributed by atoms with Gasteiger partial charge in [0, 0.05) is 25.6 Å². The number of hydrogen-bond donors (Lipinski definition) is 2. The van der Waals surface area contributed by atoms with Gasteiger partial charge in [0.05, 0.1) is 4.90 Å². The zero-order valence-electron chi connectivity index (χ0n) is 24.4.